The summed E-state index contributed by atoms with van der Waals surface area (Å²) in [5, 5.41) is 5.51. The Labute approximate surface area is 197 Å². The number of fused-ring (bicyclic) bond motifs is 1. The number of rotatable bonds is 6. The fraction of sp³-hybridized carbons (Fsp3) is 0.136. The first-order valence-electron chi connectivity index (χ1n) is 9.50. The summed E-state index contributed by atoms with van der Waals surface area (Å²) in [7, 11) is 7.31. The van der Waals surface area contributed by atoms with Gasteiger partial charge in [0.25, 0.3) is 0 Å². The smallest absolute Gasteiger partial charge is 0.203 e. The van der Waals surface area contributed by atoms with Crippen LogP contribution < -0.4 is 19.5 Å². The van der Waals surface area contributed by atoms with Crippen LogP contribution in [0.1, 0.15) is 5.56 Å². The van der Waals surface area contributed by atoms with Gasteiger partial charge in [0.15, 0.2) is 21.6 Å². The number of thiocarbonyl (C=S) groups is 1. The summed E-state index contributed by atoms with van der Waals surface area (Å²) in [5.41, 5.74) is 4.13. The first-order valence-corrected chi connectivity index (χ1v) is 11.4. The van der Waals surface area contributed by atoms with E-state index in [0.29, 0.717) is 27.8 Å². The van der Waals surface area contributed by atoms with Crippen LogP contribution in [-0.4, -0.2) is 41.3 Å². The molecule has 4 aromatic rings. The molecule has 0 bridgehead atoms. The van der Waals surface area contributed by atoms with Crippen LogP contribution in [0, 0.1) is 0 Å². The molecule has 32 heavy (non-hydrogen) atoms. The quantitative estimate of drug-likeness (QED) is 0.233. The van der Waals surface area contributed by atoms with Crippen molar-refractivity contribution in [2.45, 2.75) is 0 Å². The number of nitrogens with zero attached hydrogens (tertiary/aromatic N) is 3. The molecule has 0 amide bonds. The second kappa shape index (κ2) is 9.65. The molecule has 0 saturated carbocycles. The first kappa shape index (κ1) is 22.2. The molecule has 10 heteroatoms. The van der Waals surface area contributed by atoms with E-state index in [2.05, 4.69) is 24.5 Å². The SMILES string of the molecule is COc1cc(C(P)=NC(=S)Nc2cccc(-c3cn4ccsc4n3)c2)cc(OC)c1OC. The van der Waals surface area contributed by atoms with Crippen molar-refractivity contribution in [3.8, 4) is 28.5 Å². The number of methoxy groups -OCH3 is 3. The molecule has 0 saturated heterocycles. The molecule has 164 valence electrons. The third-order valence-corrected chi connectivity index (χ3v) is 6.11. The highest BCUT2D eigenvalue weighted by molar-refractivity contribution is 7.80. The van der Waals surface area contributed by atoms with E-state index < -0.39 is 0 Å². The van der Waals surface area contributed by atoms with Crippen LogP contribution in [0.25, 0.3) is 16.2 Å². The number of ether oxygens (including phenoxy) is 3. The molecular formula is C22H21N4O3PS2. The van der Waals surface area contributed by atoms with Gasteiger partial charge in [-0.05, 0) is 36.5 Å². The standard InChI is InChI=1S/C22H21N4O3PS2/c1-27-17-10-14(11-18(28-2)19(17)29-3)20(30)25-21(31)23-15-6-4-5-13(9-15)16-12-26-7-8-32-22(26)24-16/h4-12H,30H2,1-3H3,(H,23,31). The van der Waals surface area contributed by atoms with Crippen LogP contribution in [0.3, 0.4) is 0 Å². The average Bonchev–Trinajstić information content (AvgIpc) is 3.40. The minimum Gasteiger partial charge on any atom is -0.493 e. The zero-order valence-electron chi connectivity index (χ0n) is 17.7. The fourth-order valence-electron chi connectivity index (χ4n) is 3.18. The van der Waals surface area contributed by atoms with Gasteiger partial charge in [-0.1, -0.05) is 21.4 Å². The topological polar surface area (TPSA) is 69.4 Å². The lowest BCUT2D eigenvalue weighted by Gasteiger charge is -2.14. The molecule has 1 unspecified atom stereocenters. The Morgan fingerprint density at radius 1 is 1.12 bits per heavy atom. The summed E-state index contributed by atoms with van der Waals surface area (Å²) in [6, 6.07) is 11.5. The van der Waals surface area contributed by atoms with Crippen molar-refractivity contribution >= 4 is 54.0 Å². The van der Waals surface area contributed by atoms with E-state index in [1.165, 1.54) is 0 Å². The Morgan fingerprint density at radius 3 is 2.53 bits per heavy atom. The number of aromatic nitrogens is 2. The first-order chi connectivity index (χ1) is 15.5. The average molecular weight is 485 g/mol. The second-order valence-electron chi connectivity index (χ2n) is 6.64. The van der Waals surface area contributed by atoms with Crippen LogP contribution in [0.2, 0.25) is 0 Å². The van der Waals surface area contributed by atoms with Crippen LogP contribution in [0.5, 0.6) is 17.2 Å². The lowest BCUT2D eigenvalue weighted by molar-refractivity contribution is 0.324. The molecule has 0 aliphatic heterocycles. The lowest BCUT2D eigenvalue weighted by atomic mass is 10.1. The molecule has 1 atom stereocenters. The molecule has 0 spiro atoms. The maximum absolute atomic E-state index is 5.46. The Bertz CT molecular complexity index is 1260. The monoisotopic (exact) mass is 484 g/mol. The molecule has 0 fully saturated rings. The molecule has 2 heterocycles. The predicted molar refractivity (Wildman–Crippen MR) is 137 cm³/mol. The highest BCUT2D eigenvalue weighted by Gasteiger charge is 2.15. The van der Waals surface area contributed by atoms with Crippen molar-refractivity contribution in [1.82, 2.24) is 9.38 Å². The van der Waals surface area contributed by atoms with Gasteiger partial charge in [-0.15, -0.1) is 11.3 Å². The summed E-state index contributed by atoms with van der Waals surface area (Å²) >= 11 is 7.06. The zero-order chi connectivity index (χ0) is 22.7. The third-order valence-electron chi connectivity index (χ3n) is 4.69. The van der Waals surface area contributed by atoms with Gasteiger partial charge in [-0.2, -0.15) is 0 Å². The highest BCUT2D eigenvalue weighted by Crippen LogP contribution is 2.38. The number of aliphatic imine (C=N–C) groups is 1. The Morgan fingerprint density at radius 2 is 1.88 bits per heavy atom. The van der Waals surface area contributed by atoms with Crippen LogP contribution in [0.15, 0.2) is 59.2 Å². The van der Waals surface area contributed by atoms with Gasteiger partial charge >= 0.3 is 0 Å². The number of nitrogens with one attached hydrogen (secondary N) is 1. The molecular weight excluding hydrogens is 463 g/mol. The molecule has 0 aliphatic rings. The molecule has 7 nitrogen and oxygen atoms in total. The van der Waals surface area contributed by atoms with E-state index >= 15 is 0 Å². The lowest BCUT2D eigenvalue weighted by Crippen LogP contribution is -2.08. The maximum Gasteiger partial charge on any atom is 0.203 e. The van der Waals surface area contributed by atoms with Gasteiger partial charge in [0.2, 0.25) is 5.75 Å². The van der Waals surface area contributed by atoms with Crippen LogP contribution in [0.4, 0.5) is 5.69 Å². The molecule has 4 rings (SSSR count). The predicted octanol–water partition coefficient (Wildman–Crippen LogP) is 5.11. The third kappa shape index (κ3) is 4.60. The van der Waals surface area contributed by atoms with Crippen LogP contribution >= 0.6 is 32.8 Å². The maximum atomic E-state index is 5.46. The number of benzene rings is 2. The summed E-state index contributed by atoms with van der Waals surface area (Å²) in [5.74, 6) is 1.61. The van der Waals surface area contributed by atoms with Crippen molar-refractivity contribution in [3.63, 3.8) is 0 Å². The van der Waals surface area contributed by atoms with Crippen molar-refractivity contribution < 1.29 is 14.2 Å². The van der Waals surface area contributed by atoms with Crippen LogP contribution in [-0.2, 0) is 0 Å². The van der Waals surface area contributed by atoms with Gasteiger partial charge in [-0.25, -0.2) is 9.98 Å². The Balaban J connectivity index is 1.55. The number of hydrogen-bond acceptors (Lipinski definition) is 6. The number of anilines is 1. The zero-order valence-corrected chi connectivity index (χ0v) is 20.4. The fourth-order valence-corrected chi connectivity index (χ4v) is 4.48. The Hall–Kier alpha value is -3.00. The molecule has 2 aromatic heterocycles. The van der Waals surface area contributed by atoms with Crippen molar-refractivity contribution in [2.75, 3.05) is 26.6 Å². The second-order valence-corrected chi connectivity index (χ2v) is 8.45. The van der Waals surface area contributed by atoms with Gasteiger partial charge < -0.3 is 19.5 Å². The van der Waals surface area contributed by atoms with Gasteiger partial charge in [0.05, 0.1) is 32.5 Å². The minimum atomic E-state index is 0.326. The van der Waals surface area contributed by atoms with E-state index in [0.717, 1.165) is 27.5 Å². The summed E-state index contributed by atoms with van der Waals surface area (Å²) in [6.07, 6.45) is 4.00. The van der Waals surface area contributed by atoms with E-state index in [-0.39, 0.29) is 0 Å². The van der Waals surface area contributed by atoms with Crippen molar-refractivity contribution in [2.24, 2.45) is 4.99 Å². The molecule has 1 N–H and O–H groups in total. The highest BCUT2D eigenvalue weighted by atomic mass is 32.1. The van der Waals surface area contributed by atoms with Gasteiger partial charge in [-0.3, -0.25) is 4.40 Å². The van der Waals surface area contributed by atoms with E-state index in [1.54, 1.807) is 32.7 Å². The summed E-state index contributed by atoms with van der Waals surface area (Å²) in [4.78, 5) is 10.1. The van der Waals surface area contributed by atoms with Crippen molar-refractivity contribution in [1.29, 1.82) is 0 Å². The summed E-state index contributed by atoms with van der Waals surface area (Å²) < 4.78 is 18.2. The number of thiazole rings is 1. The van der Waals surface area contributed by atoms with Gasteiger partial charge in [0, 0.05) is 34.6 Å². The molecule has 0 aliphatic carbocycles. The molecule has 2 aromatic carbocycles. The number of imidazole rings is 1. The molecule has 0 radical (unpaired) electrons. The summed E-state index contributed by atoms with van der Waals surface area (Å²) in [6.45, 7) is 0. The van der Waals surface area contributed by atoms with E-state index in [1.807, 2.05) is 58.6 Å². The van der Waals surface area contributed by atoms with E-state index in [9.17, 15) is 0 Å². The van der Waals surface area contributed by atoms with Gasteiger partial charge in [0.1, 0.15) is 0 Å². The van der Waals surface area contributed by atoms with Crippen molar-refractivity contribution in [3.05, 3.63) is 59.7 Å². The van der Waals surface area contributed by atoms with E-state index in [4.69, 9.17) is 26.4 Å². The minimum absolute atomic E-state index is 0.326. The largest absolute Gasteiger partial charge is 0.493 e. The Kier molecular flexibility index (Phi) is 6.69. The number of hydrogen-bond donors (Lipinski definition) is 1. The normalized spacial score (nSPS) is 11.4.